The van der Waals surface area contributed by atoms with Crippen LogP contribution in [0.5, 0.6) is 0 Å². The van der Waals surface area contributed by atoms with Gasteiger partial charge >= 0.3 is 0 Å². The lowest BCUT2D eigenvalue weighted by Gasteiger charge is -2.46. The molecule has 20 heavy (non-hydrogen) atoms. The number of piperidine rings is 1. The summed E-state index contributed by atoms with van der Waals surface area (Å²) in [5.74, 6) is 0. The van der Waals surface area contributed by atoms with Gasteiger partial charge in [-0.05, 0) is 45.0 Å². The zero-order valence-electron chi connectivity index (χ0n) is 12.2. The van der Waals surface area contributed by atoms with Crippen molar-refractivity contribution in [3.05, 3.63) is 30.1 Å². The molecule has 0 saturated carbocycles. The first-order valence-corrected chi connectivity index (χ1v) is 7.72. The summed E-state index contributed by atoms with van der Waals surface area (Å²) in [5.41, 5.74) is 1.01. The van der Waals surface area contributed by atoms with E-state index in [0.717, 1.165) is 51.1 Å². The van der Waals surface area contributed by atoms with Crippen molar-refractivity contribution in [3.63, 3.8) is 0 Å². The van der Waals surface area contributed by atoms with Gasteiger partial charge in [0.15, 0.2) is 0 Å². The molecule has 2 atom stereocenters. The average molecular weight is 276 g/mol. The minimum atomic E-state index is -0.0223. The smallest absolute Gasteiger partial charge is 0.103 e. The van der Waals surface area contributed by atoms with Gasteiger partial charge in [-0.2, -0.15) is 0 Å². The van der Waals surface area contributed by atoms with Crippen molar-refractivity contribution in [3.8, 4) is 0 Å². The highest BCUT2D eigenvalue weighted by Gasteiger charge is 2.43. The molecule has 1 N–H and O–H groups in total. The standard InChI is InChI=1S/C16H24N2O2/c1-2-19-13-11-15(14-5-3-4-8-18-14)20-16(12-13)6-9-17-10-7-16/h3-5,8,13,15,17H,2,6-7,9-12H2,1H3. The second kappa shape index (κ2) is 6.20. The minimum Gasteiger partial charge on any atom is -0.378 e. The highest BCUT2D eigenvalue weighted by Crippen LogP contribution is 2.42. The number of hydrogen-bond donors (Lipinski definition) is 1. The zero-order valence-corrected chi connectivity index (χ0v) is 12.2. The van der Waals surface area contributed by atoms with Gasteiger partial charge in [0.2, 0.25) is 0 Å². The molecule has 3 heterocycles. The van der Waals surface area contributed by atoms with E-state index in [0.29, 0.717) is 6.10 Å². The Morgan fingerprint density at radius 1 is 1.40 bits per heavy atom. The summed E-state index contributed by atoms with van der Waals surface area (Å²) in [6.45, 7) is 4.91. The third-order valence-corrected chi connectivity index (χ3v) is 4.40. The molecule has 1 aromatic rings. The fraction of sp³-hybridized carbons (Fsp3) is 0.688. The first kappa shape index (κ1) is 14.0. The fourth-order valence-electron chi connectivity index (χ4n) is 3.45. The van der Waals surface area contributed by atoms with Crippen LogP contribution in [0.4, 0.5) is 0 Å². The third kappa shape index (κ3) is 3.03. The number of aromatic nitrogens is 1. The van der Waals surface area contributed by atoms with E-state index in [1.54, 1.807) is 0 Å². The Morgan fingerprint density at radius 2 is 2.25 bits per heavy atom. The maximum absolute atomic E-state index is 6.50. The van der Waals surface area contributed by atoms with Gasteiger partial charge in [-0.1, -0.05) is 6.07 Å². The molecule has 1 aromatic heterocycles. The van der Waals surface area contributed by atoms with E-state index in [4.69, 9.17) is 9.47 Å². The molecule has 0 aromatic carbocycles. The van der Waals surface area contributed by atoms with Crippen molar-refractivity contribution in [2.45, 2.75) is 50.4 Å². The summed E-state index contributed by atoms with van der Waals surface area (Å²) in [6, 6.07) is 6.05. The quantitative estimate of drug-likeness (QED) is 0.921. The molecule has 2 aliphatic rings. The average Bonchev–Trinajstić information content (AvgIpc) is 2.49. The lowest BCUT2D eigenvalue weighted by molar-refractivity contribution is -0.186. The molecule has 2 saturated heterocycles. The monoisotopic (exact) mass is 276 g/mol. The van der Waals surface area contributed by atoms with Crippen molar-refractivity contribution >= 4 is 0 Å². The van der Waals surface area contributed by atoms with Crippen molar-refractivity contribution in [1.29, 1.82) is 0 Å². The third-order valence-electron chi connectivity index (χ3n) is 4.40. The van der Waals surface area contributed by atoms with Gasteiger partial charge in [0.25, 0.3) is 0 Å². The molecular formula is C16H24N2O2. The molecule has 2 aliphatic heterocycles. The molecule has 0 radical (unpaired) electrons. The molecule has 0 aliphatic carbocycles. The van der Waals surface area contributed by atoms with Gasteiger partial charge < -0.3 is 14.8 Å². The number of pyridine rings is 1. The Labute approximate surface area is 120 Å². The Bertz CT molecular complexity index is 418. The van der Waals surface area contributed by atoms with Crippen LogP contribution < -0.4 is 5.32 Å². The van der Waals surface area contributed by atoms with Crippen LogP contribution in [0.3, 0.4) is 0 Å². The molecule has 2 fully saturated rings. The Kier molecular flexibility index (Phi) is 4.34. The van der Waals surface area contributed by atoms with Gasteiger partial charge in [-0.3, -0.25) is 4.98 Å². The molecule has 0 bridgehead atoms. The number of hydrogen-bond acceptors (Lipinski definition) is 4. The predicted molar refractivity (Wildman–Crippen MR) is 77.5 cm³/mol. The van der Waals surface area contributed by atoms with Crippen LogP contribution in [0.1, 0.15) is 44.4 Å². The van der Waals surface area contributed by atoms with Crippen LogP contribution in [-0.4, -0.2) is 36.4 Å². The molecule has 110 valence electrons. The first-order valence-electron chi connectivity index (χ1n) is 7.72. The van der Waals surface area contributed by atoms with Crippen LogP contribution in [0, 0.1) is 0 Å². The number of nitrogens with zero attached hydrogens (tertiary/aromatic N) is 1. The van der Waals surface area contributed by atoms with E-state index < -0.39 is 0 Å². The molecule has 4 nitrogen and oxygen atoms in total. The SMILES string of the molecule is CCOC1CC(c2ccccn2)OC2(CCNCC2)C1. The van der Waals surface area contributed by atoms with Crippen LogP contribution >= 0.6 is 0 Å². The highest BCUT2D eigenvalue weighted by molar-refractivity contribution is 5.10. The number of rotatable bonds is 3. The van der Waals surface area contributed by atoms with Gasteiger partial charge in [-0.15, -0.1) is 0 Å². The largest absolute Gasteiger partial charge is 0.378 e. The van der Waals surface area contributed by atoms with Crippen molar-refractivity contribution in [2.75, 3.05) is 19.7 Å². The van der Waals surface area contributed by atoms with E-state index in [-0.39, 0.29) is 11.7 Å². The lowest BCUT2D eigenvalue weighted by atomic mass is 9.82. The van der Waals surface area contributed by atoms with Gasteiger partial charge in [0, 0.05) is 25.6 Å². The van der Waals surface area contributed by atoms with Crippen molar-refractivity contribution in [1.82, 2.24) is 10.3 Å². The number of nitrogens with one attached hydrogen (secondary N) is 1. The summed E-state index contributed by atoms with van der Waals surface area (Å²) in [7, 11) is 0. The molecule has 2 unspecified atom stereocenters. The predicted octanol–water partition coefficient (Wildman–Crippen LogP) is 2.46. The molecule has 4 heteroatoms. The summed E-state index contributed by atoms with van der Waals surface area (Å²) >= 11 is 0. The van der Waals surface area contributed by atoms with E-state index in [1.807, 2.05) is 18.3 Å². The topological polar surface area (TPSA) is 43.4 Å². The van der Waals surface area contributed by atoms with Crippen molar-refractivity contribution in [2.24, 2.45) is 0 Å². The summed E-state index contributed by atoms with van der Waals surface area (Å²) < 4.78 is 12.4. The molecule has 3 rings (SSSR count). The molecular weight excluding hydrogens is 252 g/mol. The van der Waals surface area contributed by atoms with E-state index in [9.17, 15) is 0 Å². The zero-order chi connectivity index (χ0) is 13.8. The summed E-state index contributed by atoms with van der Waals surface area (Å²) in [6.07, 6.45) is 6.28. The van der Waals surface area contributed by atoms with Crippen LogP contribution in [0.15, 0.2) is 24.4 Å². The minimum absolute atomic E-state index is 0.0223. The second-order valence-corrected chi connectivity index (χ2v) is 5.81. The van der Waals surface area contributed by atoms with Crippen LogP contribution in [-0.2, 0) is 9.47 Å². The van der Waals surface area contributed by atoms with Gasteiger partial charge in [-0.25, -0.2) is 0 Å². The van der Waals surface area contributed by atoms with Crippen LogP contribution in [0.2, 0.25) is 0 Å². The maximum atomic E-state index is 6.50. The number of ether oxygens (including phenoxy) is 2. The van der Waals surface area contributed by atoms with Crippen LogP contribution in [0.25, 0.3) is 0 Å². The fourth-order valence-corrected chi connectivity index (χ4v) is 3.45. The lowest BCUT2D eigenvalue weighted by Crippen LogP contribution is -2.50. The van der Waals surface area contributed by atoms with E-state index in [2.05, 4.69) is 23.3 Å². The Balaban J connectivity index is 1.79. The normalized spacial score (nSPS) is 29.4. The molecule has 1 spiro atoms. The van der Waals surface area contributed by atoms with Crippen molar-refractivity contribution < 1.29 is 9.47 Å². The van der Waals surface area contributed by atoms with E-state index in [1.165, 1.54) is 0 Å². The highest BCUT2D eigenvalue weighted by atomic mass is 16.5. The Hall–Kier alpha value is -0.970. The van der Waals surface area contributed by atoms with Gasteiger partial charge in [0.05, 0.1) is 17.4 Å². The Morgan fingerprint density at radius 3 is 2.95 bits per heavy atom. The maximum Gasteiger partial charge on any atom is 0.103 e. The molecule has 0 amide bonds. The van der Waals surface area contributed by atoms with E-state index >= 15 is 0 Å². The first-order chi connectivity index (χ1) is 9.81. The van der Waals surface area contributed by atoms with Gasteiger partial charge in [0.1, 0.15) is 6.10 Å². The second-order valence-electron chi connectivity index (χ2n) is 5.81. The summed E-state index contributed by atoms with van der Waals surface area (Å²) in [5, 5.41) is 3.42. The summed E-state index contributed by atoms with van der Waals surface area (Å²) in [4.78, 5) is 4.48.